The highest BCUT2D eigenvalue weighted by molar-refractivity contribution is 5.95. The van der Waals surface area contributed by atoms with Gasteiger partial charge in [-0.3, -0.25) is 4.79 Å². The van der Waals surface area contributed by atoms with E-state index in [9.17, 15) is 4.79 Å². The van der Waals surface area contributed by atoms with Crippen molar-refractivity contribution < 1.29 is 4.79 Å². The van der Waals surface area contributed by atoms with Gasteiger partial charge in [0, 0.05) is 18.8 Å². The fraction of sp³-hybridized carbons (Fsp3) is 0.444. The molecule has 12 heavy (non-hydrogen) atoms. The average Bonchev–Trinajstić information content (AvgIpc) is 2.77. The number of carbonyl (C=O) groups excluding carboxylic acids is 1. The lowest BCUT2D eigenvalue weighted by Gasteiger charge is -1.99. The van der Waals surface area contributed by atoms with Gasteiger partial charge in [-0.25, -0.2) is 0 Å². The normalized spacial score (nSPS) is 15.0. The van der Waals surface area contributed by atoms with E-state index in [-0.39, 0.29) is 5.91 Å². The van der Waals surface area contributed by atoms with Crippen molar-refractivity contribution in [3.05, 3.63) is 23.0 Å². The Morgan fingerprint density at radius 3 is 2.58 bits per heavy atom. The zero-order valence-electron chi connectivity index (χ0n) is 7.35. The minimum atomic E-state index is 0.139. The maximum Gasteiger partial charge on any atom is 0.270 e. The van der Waals surface area contributed by atoms with Gasteiger partial charge in [-0.2, -0.15) is 0 Å². The Hall–Kier alpha value is -1.25. The van der Waals surface area contributed by atoms with Crippen molar-refractivity contribution in [3.8, 4) is 0 Å². The number of nitrogens with zero attached hydrogens (tertiary/aromatic N) is 1. The van der Waals surface area contributed by atoms with Gasteiger partial charge >= 0.3 is 0 Å². The highest BCUT2D eigenvalue weighted by Gasteiger charge is 2.27. The zero-order valence-corrected chi connectivity index (χ0v) is 7.35. The van der Waals surface area contributed by atoms with Crippen molar-refractivity contribution in [1.82, 2.24) is 9.88 Å². The van der Waals surface area contributed by atoms with Crippen LogP contribution in [0.25, 0.3) is 0 Å². The molecule has 1 saturated heterocycles. The zero-order chi connectivity index (χ0) is 8.72. The van der Waals surface area contributed by atoms with E-state index in [1.807, 2.05) is 24.8 Å². The van der Waals surface area contributed by atoms with Crippen LogP contribution in [0.1, 0.15) is 21.7 Å². The molecule has 1 amide bonds. The standard InChI is InChI=1S/C9H12N2O/c1-6-5-7(2)10-8(6)9(12)11-3-4-11/h5,10H,3-4H2,1-2H3. The molecule has 0 aromatic carbocycles. The van der Waals surface area contributed by atoms with Gasteiger partial charge in [-0.15, -0.1) is 0 Å². The predicted octanol–water partition coefficient (Wildman–Crippen LogP) is 1.09. The lowest BCUT2D eigenvalue weighted by Crippen LogP contribution is -2.12. The van der Waals surface area contributed by atoms with Crippen LogP contribution in [-0.2, 0) is 0 Å². The molecule has 1 fully saturated rings. The van der Waals surface area contributed by atoms with E-state index in [4.69, 9.17) is 0 Å². The first-order valence-electron chi connectivity index (χ1n) is 4.14. The van der Waals surface area contributed by atoms with Crippen molar-refractivity contribution in [1.29, 1.82) is 0 Å². The minimum Gasteiger partial charge on any atom is -0.354 e. The van der Waals surface area contributed by atoms with Crippen LogP contribution in [0.5, 0.6) is 0 Å². The molecule has 0 unspecified atom stereocenters. The van der Waals surface area contributed by atoms with Gasteiger partial charge in [-0.1, -0.05) is 0 Å². The monoisotopic (exact) mass is 164 g/mol. The first-order chi connectivity index (χ1) is 5.68. The van der Waals surface area contributed by atoms with E-state index in [0.29, 0.717) is 0 Å². The predicted molar refractivity (Wildman–Crippen MR) is 46.2 cm³/mol. The van der Waals surface area contributed by atoms with Crippen LogP contribution < -0.4 is 0 Å². The molecule has 3 heteroatoms. The van der Waals surface area contributed by atoms with Crippen LogP contribution in [0, 0.1) is 13.8 Å². The van der Waals surface area contributed by atoms with E-state index in [0.717, 1.165) is 30.0 Å². The molecule has 2 heterocycles. The van der Waals surface area contributed by atoms with E-state index < -0.39 is 0 Å². The van der Waals surface area contributed by atoms with E-state index >= 15 is 0 Å². The molecule has 0 radical (unpaired) electrons. The molecule has 2 rings (SSSR count). The van der Waals surface area contributed by atoms with Crippen LogP contribution in [0.4, 0.5) is 0 Å². The highest BCUT2D eigenvalue weighted by atomic mass is 16.2. The molecule has 0 aliphatic carbocycles. The number of aryl methyl sites for hydroxylation is 2. The number of hydrogen-bond acceptors (Lipinski definition) is 1. The summed E-state index contributed by atoms with van der Waals surface area (Å²) in [6, 6.07) is 2.00. The van der Waals surface area contributed by atoms with Crippen LogP contribution in [-0.4, -0.2) is 28.9 Å². The fourth-order valence-electron chi connectivity index (χ4n) is 1.36. The first-order valence-corrected chi connectivity index (χ1v) is 4.14. The van der Waals surface area contributed by atoms with Gasteiger partial charge < -0.3 is 9.88 Å². The molecular formula is C9H12N2O. The second-order valence-corrected chi connectivity index (χ2v) is 3.30. The Balaban J connectivity index is 2.31. The molecular weight excluding hydrogens is 152 g/mol. The lowest BCUT2D eigenvalue weighted by molar-refractivity contribution is 0.0880. The van der Waals surface area contributed by atoms with E-state index in [1.54, 1.807) is 0 Å². The van der Waals surface area contributed by atoms with Crippen molar-refractivity contribution in [2.75, 3.05) is 13.1 Å². The van der Waals surface area contributed by atoms with Crippen LogP contribution >= 0.6 is 0 Å². The molecule has 3 nitrogen and oxygen atoms in total. The number of H-pyrrole nitrogens is 1. The number of aromatic nitrogens is 1. The van der Waals surface area contributed by atoms with Gasteiger partial charge in [0.15, 0.2) is 0 Å². The molecule has 0 saturated carbocycles. The third-order valence-corrected chi connectivity index (χ3v) is 2.10. The maximum absolute atomic E-state index is 11.5. The average molecular weight is 164 g/mol. The largest absolute Gasteiger partial charge is 0.354 e. The summed E-state index contributed by atoms with van der Waals surface area (Å²) < 4.78 is 0. The molecule has 0 atom stereocenters. The number of rotatable bonds is 1. The Bertz CT molecular complexity index is 323. The molecule has 64 valence electrons. The molecule has 0 spiro atoms. The summed E-state index contributed by atoms with van der Waals surface area (Å²) in [4.78, 5) is 16.4. The third-order valence-electron chi connectivity index (χ3n) is 2.10. The van der Waals surface area contributed by atoms with Gasteiger partial charge in [0.25, 0.3) is 5.91 Å². The van der Waals surface area contributed by atoms with E-state index in [1.165, 1.54) is 0 Å². The van der Waals surface area contributed by atoms with Gasteiger partial charge in [0.1, 0.15) is 5.69 Å². The smallest absolute Gasteiger partial charge is 0.270 e. The van der Waals surface area contributed by atoms with Gasteiger partial charge in [0.2, 0.25) is 0 Å². The van der Waals surface area contributed by atoms with Crippen LogP contribution in [0.15, 0.2) is 6.07 Å². The van der Waals surface area contributed by atoms with Crippen molar-refractivity contribution in [2.45, 2.75) is 13.8 Å². The van der Waals surface area contributed by atoms with Crippen LogP contribution in [0.2, 0.25) is 0 Å². The third kappa shape index (κ3) is 1.11. The summed E-state index contributed by atoms with van der Waals surface area (Å²) in [5, 5.41) is 0. The van der Waals surface area contributed by atoms with E-state index in [2.05, 4.69) is 4.98 Å². The second-order valence-electron chi connectivity index (χ2n) is 3.30. The summed E-state index contributed by atoms with van der Waals surface area (Å²) in [5.41, 5.74) is 2.85. The molecule has 1 aromatic heterocycles. The number of nitrogens with one attached hydrogen (secondary N) is 1. The summed E-state index contributed by atoms with van der Waals surface area (Å²) in [6.45, 7) is 5.75. The summed E-state index contributed by atoms with van der Waals surface area (Å²) in [7, 11) is 0. The minimum absolute atomic E-state index is 0.139. The lowest BCUT2D eigenvalue weighted by atomic mass is 10.2. The Morgan fingerprint density at radius 1 is 1.50 bits per heavy atom. The quantitative estimate of drug-likeness (QED) is 0.619. The Morgan fingerprint density at radius 2 is 2.17 bits per heavy atom. The summed E-state index contributed by atoms with van der Waals surface area (Å²) >= 11 is 0. The van der Waals surface area contributed by atoms with Crippen molar-refractivity contribution in [2.24, 2.45) is 0 Å². The number of aromatic amines is 1. The van der Waals surface area contributed by atoms with Crippen LogP contribution in [0.3, 0.4) is 0 Å². The second kappa shape index (κ2) is 2.37. The summed E-state index contributed by atoms with van der Waals surface area (Å²) in [6.07, 6.45) is 0. The molecule has 1 N–H and O–H groups in total. The van der Waals surface area contributed by atoms with Crippen molar-refractivity contribution in [3.63, 3.8) is 0 Å². The molecule has 0 bridgehead atoms. The molecule has 1 aromatic rings. The Labute approximate surface area is 71.4 Å². The number of amides is 1. The Kier molecular flexibility index (Phi) is 1.46. The SMILES string of the molecule is Cc1cc(C)c(C(=O)N2CC2)[nH]1. The number of carbonyl (C=O) groups is 1. The van der Waals surface area contributed by atoms with Gasteiger partial charge in [0.05, 0.1) is 0 Å². The van der Waals surface area contributed by atoms with Gasteiger partial charge in [-0.05, 0) is 25.5 Å². The topological polar surface area (TPSA) is 35.9 Å². The fourth-order valence-corrected chi connectivity index (χ4v) is 1.36. The number of hydrogen-bond donors (Lipinski definition) is 1. The van der Waals surface area contributed by atoms with Crippen molar-refractivity contribution >= 4 is 5.91 Å². The maximum atomic E-state index is 11.5. The molecule has 1 aliphatic heterocycles. The summed E-state index contributed by atoms with van der Waals surface area (Å²) in [5.74, 6) is 0.139. The molecule has 1 aliphatic rings. The first kappa shape index (κ1) is 7.40. The highest BCUT2D eigenvalue weighted by Crippen LogP contribution is 2.15.